The molecular weight excluding hydrogens is 360 g/mol. The van der Waals surface area contributed by atoms with Crippen LogP contribution < -0.4 is 0 Å². The van der Waals surface area contributed by atoms with E-state index in [-0.39, 0.29) is 0 Å². The molecule has 0 N–H and O–H groups in total. The molecule has 1 fully saturated rings. The molecule has 0 amide bonds. The summed E-state index contributed by atoms with van der Waals surface area (Å²) in [5, 5.41) is 13.3. The molecule has 0 aliphatic carbocycles. The van der Waals surface area contributed by atoms with Gasteiger partial charge in [-0.25, -0.2) is 4.68 Å². The minimum atomic E-state index is 0.466. The quantitative estimate of drug-likeness (QED) is 0.534. The maximum atomic E-state index is 4.48. The molecule has 0 spiro atoms. The Hall–Kier alpha value is -2.99. The van der Waals surface area contributed by atoms with Gasteiger partial charge in [0.25, 0.3) is 0 Å². The van der Waals surface area contributed by atoms with Crippen LogP contribution in [0.25, 0.3) is 11.3 Å². The summed E-state index contributed by atoms with van der Waals surface area (Å²) in [5.41, 5.74) is 6.10. The first kappa shape index (κ1) is 18.1. The molecule has 3 aromatic heterocycles. The lowest BCUT2D eigenvalue weighted by molar-refractivity contribution is 0.201. The van der Waals surface area contributed by atoms with Gasteiger partial charge in [0.2, 0.25) is 0 Å². The van der Waals surface area contributed by atoms with E-state index in [0.29, 0.717) is 5.92 Å². The Labute approximate surface area is 170 Å². The second-order valence-electron chi connectivity index (χ2n) is 8.07. The van der Waals surface area contributed by atoms with Crippen LogP contribution in [0.3, 0.4) is 0 Å². The molecule has 29 heavy (non-hydrogen) atoms. The average molecular weight is 387 g/mol. The molecule has 6 nitrogen and oxygen atoms in total. The molecule has 1 aliphatic rings. The van der Waals surface area contributed by atoms with Crippen LogP contribution in [0.2, 0.25) is 0 Å². The first-order valence-electron chi connectivity index (χ1n) is 10.3. The third-order valence-electron chi connectivity index (χ3n) is 6.02. The van der Waals surface area contributed by atoms with E-state index in [2.05, 4.69) is 56.8 Å². The van der Waals surface area contributed by atoms with E-state index in [1.54, 1.807) is 0 Å². The predicted octanol–water partition coefficient (Wildman–Crippen LogP) is 3.91. The molecule has 0 atom stereocenters. The minimum Gasteiger partial charge on any atom is -0.299 e. The smallest absolute Gasteiger partial charge is 0.160 e. The van der Waals surface area contributed by atoms with E-state index < -0.39 is 0 Å². The first-order chi connectivity index (χ1) is 14.2. The van der Waals surface area contributed by atoms with Crippen molar-refractivity contribution in [3.63, 3.8) is 0 Å². The topological polar surface area (TPSA) is 51.3 Å². The van der Waals surface area contributed by atoms with Gasteiger partial charge in [0, 0.05) is 31.1 Å². The van der Waals surface area contributed by atoms with Crippen molar-refractivity contribution in [2.24, 2.45) is 0 Å². The van der Waals surface area contributed by atoms with Crippen molar-refractivity contribution in [1.29, 1.82) is 0 Å². The average Bonchev–Trinajstić information content (AvgIpc) is 3.40. The van der Waals surface area contributed by atoms with Gasteiger partial charge in [-0.2, -0.15) is 5.10 Å². The Morgan fingerprint density at radius 1 is 1.00 bits per heavy atom. The number of hydrogen-bond donors (Lipinski definition) is 0. The van der Waals surface area contributed by atoms with Gasteiger partial charge < -0.3 is 0 Å². The largest absolute Gasteiger partial charge is 0.299 e. The van der Waals surface area contributed by atoms with Crippen LogP contribution in [0.15, 0.2) is 55.0 Å². The Morgan fingerprint density at radius 2 is 1.86 bits per heavy atom. The van der Waals surface area contributed by atoms with Crippen molar-refractivity contribution in [1.82, 2.24) is 29.3 Å². The van der Waals surface area contributed by atoms with Gasteiger partial charge >= 0.3 is 0 Å². The number of hydrogen-bond acceptors (Lipinski definition) is 4. The van der Waals surface area contributed by atoms with Gasteiger partial charge in [0.1, 0.15) is 5.82 Å². The third-order valence-corrected chi connectivity index (χ3v) is 6.02. The van der Waals surface area contributed by atoms with Crippen LogP contribution >= 0.6 is 0 Å². The fourth-order valence-electron chi connectivity index (χ4n) is 4.51. The molecule has 0 bridgehead atoms. The van der Waals surface area contributed by atoms with Crippen molar-refractivity contribution in [2.45, 2.75) is 39.2 Å². The number of piperidine rings is 1. The normalized spacial score (nSPS) is 15.9. The van der Waals surface area contributed by atoms with Crippen molar-refractivity contribution in [3.8, 4) is 5.69 Å². The van der Waals surface area contributed by atoms with Crippen LogP contribution in [0, 0.1) is 13.8 Å². The molecule has 1 aromatic carbocycles. The fraction of sp³-hybridized carbons (Fsp3) is 0.348. The predicted molar refractivity (Wildman–Crippen MR) is 113 cm³/mol. The fourth-order valence-corrected chi connectivity index (χ4v) is 4.51. The molecule has 148 valence electrons. The summed E-state index contributed by atoms with van der Waals surface area (Å²) >= 11 is 0. The monoisotopic (exact) mass is 386 g/mol. The first-order valence-corrected chi connectivity index (χ1v) is 10.3. The lowest BCUT2D eigenvalue weighted by Crippen LogP contribution is -2.33. The SMILES string of the molecule is Cc1cc(C)c(CN2CCC(c3nnc4ccccn34)CC2)c(-n2cccn2)c1. The van der Waals surface area contributed by atoms with Gasteiger partial charge in [0.15, 0.2) is 5.65 Å². The Kier molecular flexibility index (Phi) is 4.64. The summed E-state index contributed by atoms with van der Waals surface area (Å²) < 4.78 is 4.13. The molecule has 0 saturated carbocycles. The number of aryl methyl sites for hydroxylation is 2. The van der Waals surface area contributed by atoms with E-state index in [1.807, 2.05) is 41.3 Å². The van der Waals surface area contributed by atoms with Crippen molar-refractivity contribution < 1.29 is 0 Å². The zero-order valence-corrected chi connectivity index (χ0v) is 17.0. The highest BCUT2D eigenvalue weighted by molar-refractivity contribution is 5.48. The minimum absolute atomic E-state index is 0.466. The zero-order chi connectivity index (χ0) is 19.8. The van der Waals surface area contributed by atoms with Gasteiger partial charge in [-0.1, -0.05) is 12.1 Å². The highest BCUT2D eigenvalue weighted by Gasteiger charge is 2.25. The standard InChI is InChI=1S/C23H26N6/c1-17-14-18(2)20(21(15-17)29-11-5-9-24-29)16-27-12-7-19(8-13-27)23-26-25-22-6-3-4-10-28(22)23/h3-6,9-11,14-15,19H,7-8,12-13,16H2,1-2H3. The molecular formula is C23H26N6. The Morgan fingerprint density at radius 3 is 2.66 bits per heavy atom. The molecule has 1 saturated heterocycles. The second-order valence-corrected chi connectivity index (χ2v) is 8.07. The molecule has 0 radical (unpaired) electrons. The van der Waals surface area contributed by atoms with E-state index in [9.17, 15) is 0 Å². The third kappa shape index (κ3) is 3.44. The van der Waals surface area contributed by atoms with Crippen LogP contribution in [-0.4, -0.2) is 42.4 Å². The Balaban J connectivity index is 1.34. The van der Waals surface area contributed by atoms with Gasteiger partial charge in [0.05, 0.1) is 5.69 Å². The molecule has 4 heterocycles. The van der Waals surface area contributed by atoms with E-state index >= 15 is 0 Å². The highest BCUT2D eigenvalue weighted by Crippen LogP contribution is 2.29. The number of fused-ring (bicyclic) bond motifs is 1. The van der Waals surface area contributed by atoms with Crippen molar-refractivity contribution in [2.75, 3.05) is 13.1 Å². The van der Waals surface area contributed by atoms with E-state index in [4.69, 9.17) is 0 Å². The highest BCUT2D eigenvalue weighted by atomic mass is 15.3. The second kappa shape index (κ2) is 7.44. The van der Waals surface area contributed by atoms with Crippen LogP contribution in [0.5, 0.6) is 0 Å². The molecule has 0 unspecified atom stereocenters. The number of nitrogens with zero attached hydrogens (tertiary/aromatic N) is 6. The number of benzene rings is 1. The summed E-state index contributed by atoms with van der Waals surface area (Å²) in [7, 11) is 0. The summed E-state index contributed by atoms with van der Waals surface area (Å²) in [6, 6.07) is 12.6. The molecule has 1 aliphatic heterocycles. The lowest BCUT2D eigenvalue weighted by atomic mass is 9.94. The lowest BCUT2D eigenvalue weighted by Gasteiger charge is -2.32. The summed E-state index contributed by atoms with van der Waals surface area (Å²) in [4.78, 5) is 2.56. The van der Waals surface area contributed by atoms with Crippen molar-refractivity contribution in [3.05, 3.63) is 77.5 Å². The van der Waals surface area contributed by atoms with E-state index in [1.165, 1.54) is 22.4 Å². The number of rotatable bonds is 4. The van der Waals surface area contributed by atoms with Gasteiger partial charge in [-0.05, 0) is 80.7 Å². The molecule has 5 rings (SSSR count). The number of pyridine rings is 1. The summed E-state index contributed by atoms with van der Waals surface area (Å²) in [5.74, 6) is 1.57. The molecule has 4 aromatic rings. The molecule has 6 heteroatoms. The van der Waals surface area contributed by atoms with Crippen LogP contribution in [-0.2, 0) is 6.54 Å². The summed E-state index contributed by atoms with van der Waals surface area (Å²) in [6.45, 7) is 7.45. The van der Waals surface area contributed by atoms with Gasteiger partial charge in [-0.3, -0.25) is 9.30 Å². The zero-order valence-electron chi connectivity index (χ0n) is 17.0. The maximum Gasteiger partial charge on any atom is 0.160 e. The van der Waals surface area contributed by atoms with Crippen LogP contribution in [0.4, 0.5) is 0 Å². The van der Waals surface area contributed by atoms with E-state index in [0.717, 1.165) is 43.9 Å². The van der Waals surface area contributed by atoms with Crippen LogP contribution in [0.1, 0.15) is 41.3 Å². The summed E-state index contributed by atoms with van der Waals surface area (Å²) in [6.07, 6.45) is 8.16. The maximum absolute atomic E-state index is 4.48. The van der Waals surface area contributed by atoms with Crippen molar-refractivity contribution >= 4 is 5.65 Å². The van der Waals surface area contributed by atoms with Gasteiger partial charge in [-0.15, -0.1) is 10.2 Å². The Bertz CT molecular complexity index is 1120. The number of likely N-dealkylation sites (tertiary alicyclic amines) is 1. The number of aromatic nitrogens is 5.